The summed E-state index contributed by atoms with van der Waals surface area (Å²) in [4.78, 5) is 22.8. The van der Waals surface area contributed by atoms with Crippen molar-refractivity contribution in [1.29, 1.82) is 0 Å². The molecule has 5 nitrogen and oxygen atoms in total. The first-order valence-electron chi connectivity index (χ1n) is 17.2. The number of carbonyl (C=O) groups excluding carboxylic acids is 1. The van der Waals surface area contributed by atoms with Crippen molar-refractivity contribution in [1.82, 2.24) is 14.4 Å². The van der Waals surface area contributed by atoms with E-state index in [0.29, 0.717) is 5.92 Å². The van der Waals surface area contributed by atoms with E-state index in [1.165, 1.54) is 17.0 Å². The predicted octanol–water partition coefficient (Wildman–Crippen LogP) is 12.0. The molecule has 1 N–H and O–H groups in total. The Balaban J connectivity index is 0.000000260. The number of carbonyl (C=O) groups is 1. The predicted molar refractivity (Wildman–Crippen MR) is 203 cm³/mol. The van der Waals surface area contributed by atoms with Gasteiger partial charge in [-0.1, -0.05) is 115 Å². The van der Waals surface area contributed by atoms with E-state index in [4.69, 9.17) is 9.97 Å². The van der Waals surface area contributed by atoms with Crippen molar-refractivity contribution in [3.05, 3.63) is 103 Å². The minimum absolute atomic E-state index is 0. The third-order valence-corrected chi connectivity index (χ3v) is 11.4. The molecule has 0 aliphatic heterocycles. The molecule has 0 aliphatic rings. The molecule has 259 valence electrons. The van der Waals surface area contributed by atoms with Crippen molar-refractivity contribution in [3.63, 3.8) is 0 Å². The number of aliphatic hydroxyl groups excluding tert-OH is 1. The van der Waals surface area contributed by atoms with Gasteiger partial charge in [-0.25, -0.2) is 4.98 Å². The minimum Gasteiger partial charge on any atom is -0.512 e. The molecule has 0 unspecified atom stereocenters. The van der Waals surface area contributed by atoms with Crippen LogP contribution in [-0.4, -0.2) is 25.3 Å². The fraction of sp³-hybridized carbons (Fsp3) is 0.357. The van der Waals surface area contributed by atoms with E-state index in [2.05, 4.69) is 85.0 Å². The van der Waals surface area contributed by atoms with Crippen LogP contribution >= 0.6 is 11.3 Å². The molecule has 0 aliphatic carbocycles. The summed E-state index contributed by atoms with van der Waals surface area (Å²) in [5.74, 6) is 1.67. The zero-order chi connectivity index (χ0) is 34.6. The molecule has 0 amide bonds. The molecule has 0 bridgehead atoms. The number of fused-ring (bicyclic) bond motifs is 4. The van der Waals surface area contributed by atoms with Crippen LogP contribution in [0.25, 0.3) is 48.5 Å². The standard InChI is InChI=1S/C27H20N3S.C15H28O2.Ir/c1-17(2)22-13-20(12-19-10-6-7-11-21(19)22)23-14-24-25(15-28-23)31-26-16-29-27(30(24)26)18-8-4-3-5-9-18;1-7-14(5,8-2)12(16)11-13(17)15(6,9-3)10-4;/h3-11,13-17H,1-2H3;11,16H,7-10H2,1-6H3;/q-1;;/b;12-11-;. The molecule has 3 heterocycles. The Bertz CT molecular complexity index is 2070. The van der Waals surface area contributed by atoms with Crippen LogP contribution in [0, 0.1) is 16.9 Å². The summed E-state index contributed by atoms with van der Waals surface area (Å²) in [6, 6.07) is 26.9. The molecule has 7 heteroatoms. The number of rotatable bonds is 10. The number of benzene rings is 3. The van der Waals surface area contributed by atoms with Gasteiger partial charge in [0.1, 0.15) is 16.4 Å². The Labute approximate surface area is 308 Å². The normalized spacial score (nSPS) is 12.3. The molecule has 6 aromatic rings. The summed E-state index contributed by atoms with van der Waals surface area (Å²) in [6.45, 7) is 16.6. The molecular weight excluding hydrogens is 803 g/mol. The second-order valence-electron chi connectivity index (χ2n) is 13.5. The van der Waals surface area contributed by atoms with Gasteiger partial charge in [0.05, 0.1) is 16.4 Å². The van der Waals surface area contributed by atoms with Gasteiger partial charge in [-0.2, -0.15) is 0 Å². The number of ketones is 1. The maximum absolute atomic E-state index is 12.2. The van der Waals surface area contributed by atoms with Gasteiger partial charge < -0.3 is 5.11 Å². The molecule has 1 radical (unpaired) electrons. The molecule has 0 saturated heterocycles. The Hall–Kier alpha value is -3.64. The third kappa shape index (κ3) is 7.75. The number of nitrogens with zero attached hydrogens (tertiary/aromatic N) is 3. The van der Waals surface area contributed by atoms with E-state index in [0.717, 1.165) is 68.8 Å². The monoisotopic (exact) mass is 851 g/mol. The van der Waals surface area contributed by atoms with Crippen molar-refractivity contribution < 1.29 is 30.0 Å². The number of aliphatic hydroxyl groups is 1. The summed E-state index contributed by atoms with van der Waals surface area (Å²) in [6.07, 6.45) is 8.69. The Morgan fingerprint density at radius 1 is 0.898 bits per heavy atom. The fourth-order valence-corrected chi connectivity index (χ4v) is 6.90. The quantitative estimate of drug-likeness (QED) is 0.0847. The third-order valence-electron chi connectivity index (χ3n) is 10.4. The minimum atomic E-state index is -0.337. The van der Waals surface area contributed by atoms with Crippen molar-refractivity contribution in [2.45, 2.75) is 87.0 Å². The first kappa shape index (κ1) is 38.2. The molecule has 0 fully saturated rings. The first-order valence-corrected chi connectivity index (χ1v) is 18.0. The molecule has 6 rings (SSSR count). The van der Waals surface area contributed by atoms with Crippen LogP contribution in [0.4, 0.5) is 0 Å². The zero-order valence-corrected chi connectivity index (χ0v) is 33.1. The van der Waals surface area contributed by atoms with Crippen LogP contribution in [0.2, 0.25) is 0 Å². The van der Waals surface area contributed by atoms with Gasteiger partial charge in [-0.3, -0.25) is 14.2 Å². The molecule has 0 spiro atoms. The Morgan fingerprint density at radius 2 is 1.53 bits per heavy atom. The van der Waals surface area contributed by atoms with Crippen LogP contribution in [0.5, 0.6) is 0 Å². The van der Waals surface area contributed by atoms with Gasteiger partial charge >= 0.3 is 0 Å². The largest absolute Gasteiger partial charge is 0.512 e. The zero-order valence-electron chi connectivity index (χ0n) is 29.9. The van der Waals surface area contributed by atoms with E-state index < -0.39 is 0 Å². The summed E-state index contributed by atoms with van der Waals surface area (Å²) in [5, 5.41) is 12.5. The van der Waals surface area contributed by atoms with Gasteiger partial charge in [-0.05, 0) is 37.7 Å². The summed E-state index contributed by atoms with van der Waals surface area (Å²) < 4.78 is 3.40. The van der Waals surface area contributed by atoms with Gasteiger partial charge in [0.2, 0.25) is 0 Å². The van der Waals surface area contributed by atoms with Crippen LogP contribution in [0.15, 0.2) is 91.0 Å². The van der Waals surface area contributed by atoms with Gasteiger partial charge in [-0.15, -0.1) is 40.5 Å². The number of hydrogen-bond donors (Lipinski definition) is 1. The van der Waals surface area contributed by atoms with E-state index in [1.54, 1.807) is 11.3 Å². The SMILES string of the molecule is CC(C)c1cc(-c2cc3c(cn2)sc2cnc(-c4ccccc4)n23)[c-]c2ccccc12.CCC(C)(CC)C(=O)/C=C(\O)C(C)(CC)CC.[Ir]. The fourth-order valence-electron chi connectivity index (χ4n) is 5.93. The van der Waals surface area contributed by atoms with Crippen LogP contribution in [0.3, 0.4) is 0 Å². The average Bonchev–Trinajstić information content (AvgIpc) is 3.70. The summed E-state index contributed by atoms with van der Waals surface area (Å²) in [7, 11) is 0. The van der Waals surface area contributed by atoms with Crippen LogP contribution in [0.1, 0.15) is 92.6 Å². The second kappa shape index (κ2) is 15.9. The van der Waals surface area contributed by atoms with Crippen LogP contribution in [-0.2, 0) is 24.9 Å². The Morgan fingerprint density at radius 3 is 2.16 bits per heavy atom. The number of thiazole rings is 1. The van der Waals surface area contributed by atoms with Gasteiger partial charge in [0.25, 0.3) is 0 Å². The number of pyridine rings is 1. The van der Waals surface area contributed by atoms with Gasteiger partial charge in [0.15, 0.2) is 5.78 Å². The molecular formula is C42H48IrN3O2S-. The van der Waals surface area contributed by atoms with E-state index in [9.17, 15) is 9.90 Å². The Kier molecular flexibility index (Phi) is 12.4. The number of aromatic nitrogens is 3. The molecule has 0 atom stereocenters. The van der Waals surface area contributed by atoms with Crippen molar-refractivity contribution in [2.24, 2.45) is 10.8 Å². The van der Waals surface area contributed by atoms with Crippen LogP contribution < -0.4 is 0 Å². The van der Waals surface area contributed by atoms with E-state index >= 15 is 0 Å². The maximum Gasteiger partial charge on any atom is 0.164 e. The molecule has 3 aromatic heterocycles. The molecule has 0 saturated carbocycles. The first-order chi connectivity index (χ1) is 23.0. The van der Waals surface area contributed by atoms with E-state index in [-0.39, 0.29) is 42.5 Å². The maximum atomic E-state index is 12.2. The van der Waals surface area contributed by atoms with Crippen molar-refractivity contribution in [2.75, 3.05) is 0 Å². The van der Waals surface area contributed by atoms with Crippen molar-refractivity contribution >= 4 is 42.9 Å². The van der Waals surface area contributed by atoms with Gasteiger partial charge in [0, 0.05) is 54.5 Å². The smallest absolute Gasteiger partial charge is 0.164 e. The number of allylic oxidation sites excluding steroid dienone is 2. The number of hydrogen-bond acceptors (Lipinski definition) is 5. The topological polar surface area (TPSA) is 67.5 Å². The van der Waals surface area contributed by atoms with Crippen molar-refractivity contribution in [3.8, 4) is 22.6 Å². The summed E-state index contributed by atoms with van der Waals surface area (Å²) in [5.41, 5.74) is 4.94. The second-order valence-corrected chi connectivity index (χ2v) is 14.6. The molecule has 3 aromatic carbocycles. The average molecular weight is 851 g/mol. The number of imidazole rings is 1. The summed E-state index contributed by atoms with van der Waals surface area (Å²) >= 11 is 1.72. The molecule has 49 heavy (non-hydrogen) atoms. The van der Waals surface area contributed by atoms with E-state index in [1.807, 2.05) is 60.0 Å².